The third-order valence-corrected chi connectivity index (χ3v) is 6.62. The van der Waals surface area contributed by atoms with E-state index in [1.54, 1.807) is 19.1 Å². The summed E-state index contributed by atoms with van der Waals surface area (Å²) in [5.41, 5.74) is 4.01. The van der Waals surface area contributed by atoms with Crippen molar-refractivity contribution in [2.45, 2.75) is 51.6 Å². The summed E-state index contributed by atoms with van der Waals surface area (Å²) in [6.45, 7) is 3.68. The molecule has 6 heteroatoms. The summed E-state index contributed by atoms with van der Waals surface area (Å²) in [5, 5.41) is 3.07. The third kappa shape index (κ3) is 4.38. The topological polar surface area (TPSA) is 66.5 Å². The van der Waals surface area contributed by atoms with Gasteiger partial charge in [-0.15, -0.1) is 0 Å². The van der Waals surface area contributed by atoms with Gasteiger partial charge < -0.3 is 5.32 Å². The number of amides is 1. The first kappa shape index (κ1) is 20.4. The van der Waals surface area contributed by atoms with Gasteiger partial charge in [-0.05, 0) is 61.4 Å². The van der Waals surface area contributed by atoms with Crippen molar-refractivity contribution >= 4 is 21.6 Å². The summed E-state index contributed by atoms with van der Waals surface area (Å²) in [4.78, 5) is 13.0. The molecule has 0 unspecified atom stereocenters. The maximum absolute atomic E-state index is 13.0. The molecule has 2 atom stereocenters. The van der Waals surface area contributed by atoms with Crippen LogP contribution in [0.3, 0.4) is 0 Å². The van der Waals surface area contributed by atoms with Crippen molar-refractivity contribution in [3.63, 3.8) is 0 Å². The largest absolute Gasteiger partial charge is 0.347 e. The summed E-state index contributed by atoms with van der Waals surface area (Å²) >= 11 is 0. The summed E-state index contributed by atoms with van der Waals surface area (Å²) in [6.07, 6.45) is 4.89. The number of nitrogens with one attached hydrogen (secondary N) is 1. The molecule has 0 spiro atoms. The van der Waals surface area contributed by atoms with Gasteiger partial charge >= 0.3 is 0 Å². The molecule has 0 heterocycles. The minimum atomic E-state index is -3.61. The molecule has 1 N–H and O–H groups in total. The number of hydrogen-bond donors (Lipinski definition) is 1. The van der Waals surface area contributed by atoms with Crippen LogP contribution in [0.1, 0.15) is 49.4 Å². The van der Waals surface area contributed by atoms with E-state index in [0.717, 1.165) is 43.1 Å². The second-order valence-corrected chi connectivity index (χ2v) is 9.27. The van der Waals surface area contributed by atoms with Crippen molar-refractivity contribution < 1.29 is 13.2 Å². The van der Waals surface area contributed by atoms with Crippen LogP contribution in [-0.2, 0) is 27.7 Å². The van der Waals surface area contributed by atoms with Crippen molar-refractivity contribution in [3.05, 3.63) is 65.2 Å². The van der Waals surface area contributed by atoms with Crippen molar-refractivity contribution in [3.8, 4) is 0 Å². The SMILES string of the molecule is CCc1ccc(N([C@@H](C)C(=O)N[C@H]2CCCc3ccccc32)S(C)(=O)=O)cc1. The zero-order valence-corrected chi connectivity index (χ0v) is 17.5. The lowest BCUT2D eigenvalue weighted by Crippen LogP contribution is -2.49. The minimum absolute atomic E-state index is 0.0798. The maximum atomic E-state index is 13.0. The Labute approximate surface area is 167 Å². The van der Waals surface area contributed by atoms with Crippen LogP contribution in [0.15, 0.2) is 48.5 Å². The molecule has 3 rings (SSSR count). The van der Waals surface area contributed by atoms with E-state index in [4.69, 9.17) is 0 Å². The molecule has 0 aromatic heterocycles. The highest BCUT2D eigenvalue weighted by molar-refractivity contribution is 7.92. The Kier molecular flexibility index (Phi) is 6.08. The van der Waals surface area contributed by atoms with Gasteiger partial charge in [0.15, 0.2) is 0 Å². The molecule has 150 valence electrons. The lowest BCUT2D eigenvalue weighted by molar-refractivity contribution is -0.122. The fourth-order valence-corrected chi connectivity index (χ4v) is 5.06. The van der Waals surface area contributed by atoms with Gasteiger partial charge in [0.25, 0.3) is 0 Å². The van der Waals surface area contributed by atoms with Gasteiger partial charge in [0.2, 0.25) is 15.9 Å². The van der Waals surface area contributed by atoms with Crippen LogP contribution in [0.5, 0.6) is 0 Å². The van der Waals surface area contributed by atoms with Crippen LogP contribution in [0.4, 0.5) is 5.69 Å². The maximum Gasteiger partial charge on any atom is 0.244 e. The minimum Gasteiger partial charge on any atom is -0.347 e. The van der Waals surface area contributed by atoms with E-state index >= 15 is 0 Å². The number of hydrogen-bond acceptors (Lipinski definition) is 3. The number of aryl methyl sites for hydroxylation is 2. The van der Waals surface area contributed by atoms with Crippen LogP contribution < -0.4 is 9.62 Å². The van der Waals surface area contributed by atoms with Crippen LogP contribution >= 0.6 is 0 Å². The highest BCUT2D eigenvalue weighted by Gasteiger charge is 2.31. The molecule has 1 aliphatic rings. The molecule has 1 amide bonds. The Bertz CT molecular complexity index is 939. The first-order chi connectivity index (χ1) is 13.3. The Balaban J connectivity index is 1.83. The lowest BCUT2D eigenvalue weighted by Gasteiger charge is -2.31. The number of benzene rings is 2. The molecule has 28 heavy (non-hydrogen) atoms. The Morgan fingerprint density at radius 3 is 2.50 bits per heavy atom. The van der Waals surface area contributed by atoms with Crippen molar-refractivity contribution in [1.29, 1.82) is 0 Å². The number of rotatable bonds is 6. The van der Waals surface area contributed by atoms with Gasteiger partial charge in [-0.2, -0.15) is 0 Å². The molecule has 0 fully saturated rings. The summed E-state index contributed by atoms with van der Waals surface area (Å²) in [6, 6.07) is 14.5. The molecule has 0 bridgehead atoms. The second kappa shape index (κ2) is 8.35. The van der Waals surface area contributed by atoms with Gasteiger partial charge in [-0.25, -0.2) is 8.42 Å². The van der Waals surface area contributed by atoms with E-state index in [1.807, 2.05) is 37.3 Å². The second-order valence-electron chi connectivity index (χ2n) is 7.41. The smallest absolute Gasteiger partial charge is 0.244 e. The molecule has 0 radical (unpaired) electrons. The van der Waals surface area contributed by atoms with E-state index in [2.05, 4.69) is 11.4 Å². The highest BCUT2D eigenvalue weighted by atomic mass is 32.2. The van der Waals surface area contributed by atoms with E-state index in [1.165, 1.54) is 9.87 Å². The van der Waals surface area contributed by atoms with Crippen molar-refractivity contribution in [2.75, 3.05) is 10.6 Å². The first-order valence-electron chi connectivity index (χ1n) is 9.77. The highest BCUT2D eigenvalue weighted by Crippen LogP contribution is 2.30. The molecule has 2 aromatic rings. The average molecular weight is 401 g/mol. The van der Waals surface area contributed by atoms with Crippen LogP contribution in [0, 0.1) is 0 Å². The monoisotopic (exact) mass is 400 g/mol. The molecule has 0 aliphatic heterocycles. The van der Waals surface area contributed by atoms with Gasteiger partial charge in [-0.1, -0.05) is 43.3 Å². The Morgan fingerprint density at radius 1 is 1.18 bits per heavy atom. The van der Waals surface area contributed by atoms with Crippen molar-refractivity contribution in [1.82, 2.24) is 5.32 Å². The number of sulfonamides is 1. The normalized spacial score (nSPS) is 17.5. The van der Waals surface area contributed by atoms with Crippen molar-refractivity contribution in [2.24, 2.45) is 0 Å². The number of anilines is 1. The summed E-state index contributed by atoms with van der Waals surface area (Å²) in [7, 11) is -3.61. The molecular formula is C22H28N2O3S. The van der Waals surface area contributed by atoms with E-state index in [-0.39, 0.29) is 11.9 Å². The van der Waals surface area contributed by atoms with Gasteiger partial charge in [0.1, 0.15) is 6.04 Å². The van der Waals surface area contributed by atoms with Crippen LogP contribution in [-0.4, -0.2) is 26.6 Å². The van der Waals surface area contributed by atoms with Gasteiger partial charge in [0, 0.05) is 0 Å². The fourth-order valence-electron chi connectivity index (χ4n) is 3.88. The zero-order chi connectivity index (χ0) is 20.3. The number of carbonyl (C=O) groups excluding carboxylic acids is 1. The molecule has 1 aliphatic carbocycles. The van der Waals surface area contributed by atoms with Gasteiger partial charge in [0.05, 0.1) is 18.0 Å². The Hall–Kier alpha value is -2.34. The average Bonchev–Trinajstić information content (AvgIpc) is 2.68. The van der Waals surface area contributed by atoms with Crippen LogP contribution in [0.2, 0.25) is 0 Å². The predicted molar refractivity (Wildman–Crippen MR) is 113 cm³/mol. The van der Waals surface area contributed by atoms with Crippen LogP contribution in [0.25, 0.3) is 0 Å². The lowest BCUT2D eigenvalue weighted by atomic mass is 9.87. The molecule has 2 aromatic carbocycles. The molecular weight excluding hydrogens is 372 g/mol. The molecule has 0 saturated heterocycles. The summed E-state index contributed by atoms with van der Waals surface area (Å²) < 4.78 is 26.1. The fraction of sp³-hybridized carbons (Fsp3) is 0.409. The predicted octanol–water partition coefficient (Wildman–Crippen LogP) is 3.60. The third-order valence-electron chi connectivity index (χ3n) is 5.37. The Morgan fingerprint density at radius 2 is 1.86 bits per heavy atom. The van der Waals surface area contributed by atoms with E-state index in [0.29, 0.717) is 5.69 Å². The van der Waals surface area contributed by atoms with E-state index < -0.39 is 16.1 Å². The first-order valence-corrected chi connectivity index (χ1v) is 11.6. The van der Waals surface area contributed by atoms with E-state index in [9.17, 15) is 13.2 Å². The standard InChI is InChI=1S/C22H28N2O3S/c1-4-17-12-14-19(15-13-17)24(28(3,26)27)16(2)22(25)23-21-11-7-9-18-8-5-6-10-20(18)21/h5-6,8,10,12-16,21H,4,7,9,11H2,1-3H3,(H,23,25)/t16-,21-/m0/s1. The van der Waals surface area contributed by atoms with Gasteiger partial charge in [-0.3, -0.25) is 9.10 Å². The number of carbonyl (C=O) groups is 1. The number of nitrogens with zero attached hydrogens (tertiary/aromatic N) is 1. The quantitative estimate of drug-likeness (QED) is 0.806. The number of fused-ring (bicyclic) bond motifs is 1. The zero-order valence-electron chi connectivity index (χ0n) is 16.7. The molecule has 0 saturated carbocycles. The summed E-state index contributed by atoms with van der Waals surface area (Å²) in [5.74, 6) is -0.285. The molecule has 5 nitrogen and oxygen atoms in total.